The van der Waals surface area contributed by atoms with Crippen LogP contribution in [0, 0.1) is 5.82 Å². The Balaban J connectivity index is 3.06. The number of nitrogens with zero attached hydrogens (tertiary/aromatic N) is 1. The molecule has 0 aliphatic carbocycles. The summed E-state index contributed by atoms with van der Waals surface area (Å²) >= 11 is 14.2. The van der Waals surface area contributed by atoms with Crippen LogP contribution in [-0.4, -0.2) is 9.97 Å². The molecule has 0 saturated heterocycles. The zero-order valence-corrected chi connectivity index (χ0v) is 10.0. The van der Waals surface area contributed by atoms with E-state index in [9.17, 15) is 9.18 Å². The van der Waals surface area contributed by atoms with Gasteiger partial charge in [0.15, 0.2) is 5.82 Å². The quantitative estimate of drug-likeness (QED) is 0.600. The number of fused-ring (bicyclic) bond motifs is 1. The average molecular weight is 312 g/mol. The molecule has 1 aromatic heterocycles. The van der Waals surface area contributed by atoms with E-state index in [-0.39, 0.29) is 21.2 Å². The first kappa shape index (κ1) is 10.9. The minimum atomic E-state index is -0.813. The number of aromatic amines is 1. The lowest BCUT2D eigenvalue weighted by molar-refractivity contribution is 0.638. The second-order valence-electron chi connectivity index (χ2n) is 2.74. The highest BCUT2D eigenvalue weighted by Crippen LogP contribution is 2.29. The molecule has 0 bridgehead atoms. The van der Waals surface area contributed by atoms with Gasteiger partial charge in [-0.25, -0.2) is 9.37 Å². The van der Waals surface area contributed by atoms with Crippen molar-refractivity contribution in [2.45, 2.75) is 0 Å². The van der Waals surface area contributed by atoms with E-state index in [1.165, 1.54) is 6.07 Å². The van der Waals surface area contributed by atoms with E-state index in [0.29, 0.717) is 4.47 Å². The van der Waals surface area contributed by atoms with Gasteiger partial charge in [0.05, 0.1) is 10.5 Å². The molecule has 0 radical (unpaired) electrons. The predicted octanol–water partition coefficient (Wildman–Crippen LogP) is 3.13. The number of hydrogen-bond acceptors (Lipinski definition) is 2. The molecule has 0 atom stereocenters. The molecule has 0 fully saturated rings. The molecule has 78 valence electrons. The minimum absolute atomic E-state index is 0.0962. The first-order valence-electron chi connectivity index (χ1n) is 3.73. The summed E-state index contributed by atoms with van der Waals surface area (Å²) in [6, 6.07) is 1.43. The second kappa shape index (κ2) is 3.73. The number of hydrogen-bond donors (Lipinski definition) is 1. The summed E-state index contributed by atoms with van der Waals surface area (Å²) in [5.41, 5.74) is -0.505. The number of nitrogens with one attached hydrogen (secondary N) is 1. The van der Waals surface area contributed by atoms with Gasteiger partial charge in [-0.2, -0.15) is 0 Å². The van der Waals surface area contributed by atoms with Crippen LogP contribution in [-0.2, 0) is 0 Å². The minimum Gasteiger partial charge on any atom is -0.297 e. The number of halogens is 4. The van der Waals surface area contributed by atoms with E-state index in [2.05, 4.69) is 25.9 Å². The Bertz CT molecular complexity index is 614. The maximum Gasteiger partial charge on any atom is 0.262 e. The largest absolute Gasteiger partial charge is 0.297 e. The van der Waals surface area contributed by atoms with E-state index >= 15 is 0 Å². The van der Waals surface area contributed by atoms with Crippen molar-refractivity contribution in [3.8, 4) is 0 Å². The molecule has 1 N–H and O–H groups in total. The highest BCUT2D eigenvalue weighted by Gasteiger charge is 2.14. The van der Waals surface area contributed by atoms with Gasteiger partial charge in [-0.1, -0.05) is 11.6 Å². The molecule has 0 saturated carbocycles. The van der Waals surface area contributed by atoms with Gasteiger partial charge in [0.1, 0.15) is 5.39 Å². The maximum absolute atomic E-state index is 13.6. The molecule has 7 heteroatoms. The molecule has 2 rings (SSSR count). The summed E-state index contributed by atoms with van der Waals surface area (Å²) in [6.07, 6.45) is 0. The van der Waals surface area contributed by atoms with E-state index in [0.717, 1.165) is 0 Å². The average Bonchev–Trinajstić information content (AvgIpc) is 2.13. The van der Waals surface area contributed by atoms with Crippen LogP contribution in [0.25, 0.3) is 10.9 Å². The molecule has 0 aliphatic rings. The standard InChI is InChI=1S/C8H2BrCl2FN2O/c9-2-1-3-4(6(12)5(2)10)7(15)14-8(11)13-3/h1H,(H,13,14,15). The Kier molecular flexibility index (Phi) is 2.70. The van der Waals surface area contributed by atoms with Gasteiger partial charge in [-0.3, -0.25) is 9.78 Å². The van der Waals surface area contributed by atoms with Crippen molar-refractivity contribution in [3.05, 3.63) is 37.0 Å². The fraction of sp³-hybridized carbons (Fsp3) is 0. The van der Waals surface area contributed by atoms with Gasteiger partial charge < -0.3 is 0 Å². The molecule has 0 aliphatic heterocycles. The summed E-state index contributed by atoms with van der Waals surface area (Å²) in [5.74, 6) is -0.813. The summed E-state index contributed by atoms with van der Waals surface area (Å²) < 4.78 is 13.9. The van der Waals surface area contributed by atoms with Crippen LogP contribution in [0.2, 0.25) is 10.3 Å². The van der Waals surface area contributed by atoms with Gasteiger partial charge in [0, 0.05) is 4.47 Å². The van der Waals surface area contributed by atoms with Crippen molar-refractivity contribution in [1.82, 2.24) is 9.97 Å². The number of aromatic nitrogens is 2. The normalized spacial score (nSPS) is 10.9. The third kappa shape index (κ3) is 1.75. The Morgan fingerprint density at radius 1 is 1.47 bits per heavy atom. The van der Waals surface area contributed by atoms with Gasteiger partial charge in [0.2, 0.25) is 5.28 Å². The number of rotatable bonds is 0. The van der Waals surface area contributed by atoms with Crippen molar-refractivity contribution in [1.29, 1.82) is 0 Å². The summed E-state index contributed by atoms with van der Waals surface area (Å²) in [5, 5.41) is -0.453. The van der Waals surface area contributed by atoms with Gasteiger partial charge in [0.25, 0.3) is 5.56 Å². The van der Waals surface area contributed by atoms with Crippen LogP contribution < -0.4 is 5.56 Å². The lowest BCUT2D eigenvalue weighted by Gasteiger charge is -2.02. The Hall–Kier alpha value is -0.650. The van der Waals surface area contributed by atoms with Crippen LogP contribution in [0.15, 0.2) is 15.3 Å². The molecular weight excluding hydrogens is 310 g/mol. The molecule has 2 aromatic rings. The molecule has 3 nitrogen and oxygen atoms in total. The third-order valence-electron chi connectivity index (χ3n) is 1.80. The molecule has 0 amide bonds. The first-order chi connectivity index (χ1) is 7.00. The van der Waals surface area contributed by atoms with E-state index in [1.54, 1.807) is 0 Å². The Morgan fingerprint density at radius 2 is 2.13 bits per heavy atom. The molecular formula is C8H2BrCl2FN2O. The van der Waals surface area contributed by atoms with Crippen molar-refractivity contribution < 1.29 is 4.39 Å². The number of H-pyrrole nitrogens is 1. The highest BCUT2D eigenvalue weighted by molar-refractivity contribution is 9.10. The molecule has 0 spiro atoms. The van der Waals surface area contributed by atoms with Crippen molar-refractivity contribution in [2.75, 3.05) is 0 Å². The van der Waals surface area contributed by atoms with Crippen molar-refractivity contribution >= 4 is 50.0 Å². The van der Waals surface area contributed by atoms with Crippen LogP contribution in [0.3, 0.4) is 0 Å². The number of benzene rings is 1. The monoisotopic (exact) mass is 310 g/mol. The summed E-state index contributed by atoms with van der Waals surface area (Å²) in [4.78, 5) is 17.4. The van der Waals surface area contributed by atoms with Crippen molar-refractivity contribution in [2.24, 2.45) is 0 Å². The molecule has 0 unspecified atom stereocenters. The third-order valence-corrected chi connectivity index (χ3v) is 3.21. The lowest BCUT2D eigenvalue weighted by Crippen LogP contribution is -2.10. The highest BCUT2D eigenvalue weighted by atomic mass is 79.9. The zero-order chi connectivity index (χ0) is 11.2. The molecule has 15 heavy (non-hydrogen) atoms. The topological polar surface area (TPSA) is 45.8 Å². The first-order valence-corrected chi connectivity index (χ1v) is 5.28. The van der Waals surface area contributed by atoms with Gasteiger partial charge in [-0.05, 0) is 33.6 Å². The molecule has 1 aromatic carbocycles. The van der Waals surface area contributed by atoms with Gasteiger partial charge >= 0.3 is 0 Å². The van der Waals surface area contributed by atoms with Gasteiger partial charge in [-0.15, -0.1) is 0 Å². The van der Waals surface area contributed by atoms with Crippen LogP contribution in [0.4, 0.5) is 4.39 Å². The SMILES string of the molecule is O=c1[nH]c(Cl)nc2cc(Br)c(Cl)c(F)c12. The van der Waals surface area contributed by atoms with E-state index < -0.39 is 11.4 Å². The van der Waals surface area contributed by atoms with Crippen LogP contribution in [0.1, 0.15) is 0 Å². The summed E-state index contributed by atoms with van der Waals surface area (Å²) in [7, 11) is 0. The zero-order valence-electron chi connectivity index (χ0n) is 6.94. The lowest BCUT2D eigenvalue weighted by atomic mass is 10.2. The fourth-order valence-corrected chi connectivity index (χ4v) is 1.89. The predicted molar refractivity (Wildman–Crippen MR) is 60.0 cm³/mol. The van der Waals surface area contributed by atoms with Crippen LogP contribution >= 0.6 is 39.1 Å². The van der Waals surface area contributed by atoms with Crippen LogP contribution in [0.5, 0.6) is 0 Å². The Labute approximate surface area is 101 Å². The van der Waals surface area contributed by atoms with Crippen molar-refractivity contribution in [3.63, 3.8) is 0 Å². The smallest absolute Gasteiger partial charge is 0.262 e. The summed E-state index contributed by atoms with van der Waals surface area (Å²) in [6.45, 7) is 0. The fourth-order valence-electron chi connectivity index (χ4n) is 1.18. The Morgan fingerprint density at radius 3 is 2.80 bits per heavy atom. The van der Waals surface area contributed by atoms with E-state index in [1.807, 2.05) is 0 Å². The second-order valence-corrected chi connectivity index (χ2v) is 4.33. The molecule has 1 heterocycles. The van der Waals surface area contributed by atoms with E-state index in [4.69, 9.17) is 23.2 Å². The maximum atomic E-state index is 13.6.